The van der Waals surface area contributed by atoms with Gasteiger partial charge in [-0.2, -0.15) is 10.1 Å². The Kier molecular flexibility index (Phi) is 2.71. The van der Waals surface area contributed by atoms with E-state index in [4.69, 9.17) is 4.52 Å². The van der Waals surface area contributed by atoms with Gasteiger partial charge >= 0.3 is 0 Å². The van der Waals surface area contributed by atoms with E-state index in [1.807, 2.05) is 0 Å². The van der Waals surface area contributed by atoms with Crippen LogP contribution in [0.25, 0.3) is 23.1 Å². The van der Waals surface area contributed by atoms with Crippen molar-refractivity contribution in [3.05, 3.63) is 40.2 Å². The molecule has 0 saturated carbocycles. The monoisotopic (exact) mass is 272 g/mol. The van der Waals surface area contributed by atoms with Crippen LogP contribution >= 0.6 is 0 Å². The van der Waals surface area contributed by atoms with E-state index in [0.717, 1.165) is 0 Å². The predicted octanol–water partition coefficient (Wildman–Crippen LogP) is 1.74. The number of nitro groups is 1. The standard InChI is InChI=1S/C11H8N6O3/c1-6-4-7(17(18)19)2-3-8(6)11-14-10(16-20-11)9-12-5-13-15-9/h2-5H,1H3,(H,12,13,15). The van der Waals surface area contributed by atoms with Crippen LogP contribution in [-0.2, 0) is 0 Å². The van der Waals surface area contributed by atoms with Gasteiger partial charge in [0.2, 0.25) is 5.82 Å². The van der Waals surface area contributed by atoms with E-state index < -0.39 is 4.92 Å². The summed E-state index contributed by atoms with van der Waals surface area (Å²) in [6.45, 7) is 1.74. The Morgan fingerprint density at radius 3 is 2.90 bits per heavy atom. The van der Waals surface area contributed by atoms with E-state index in [0.29, 0.717) is 17.0 Å². The molecule has 0 fully saturated rings. The Bertz CT molecular complexity index is 764. The topological polar surface area (TPSA) is 124 Å². The van der Waals surface area contributed by atoms with Crippen LogP contribution in [0.1, 0.15) is 5.56 Å². The third-order valence-corrected chi connectivity index (χ3v) is 2.70. The molecule has 2 heterocycles. The van der Waals surface area contributed by atoms with Gasteiger partial charge in [-0.05, 0) is 18.6 Å². The molecule has 1 aromatic carbocycles. The molecular weight excluding hydrogens is 264 g/mol. The maximum Gasteiger partial charge on any atom is 0.269 e. The summed E-state index contributed by atoms with van der Waals surface area (Å²) in [4.78, 5) is 18.3. The molecule has 0 bridgehead atoms. The first kappa shape index (κ1) is 12.0. The molecule has 0 atom stereocenters. The fraction of sp³-hybridized carbons (Fsp3) is 0.0909. The molecule has 20 heavy (non-hydrogen) atoms. The zero-order valence-corrected chi connectivity index (χ0v) is 10.3. The van der Waals surface area contributed by atoms with Crippen molar-refractivity contribution < 1.29 is 9.45 Å². The minimum Gasteiger partial charge on any atom is -0.333 e. The van der Waals surface area contributed by atoms with Crippen LogP contribution in [0.3, 0.4) is 0 Å². The summed E-state index contributed by atoms with van der Waals surface area (Å²) in [5, 5.41) is 20.8. The number of hydrogen-bond donors (Lipinski definition) is 1. The zero-order valence-electron chi connectivity index (χ0n) is 10.3. The summed E-state index contributed by atoms with van der Waals surface area (Å²) in [5.74, 6) is 0.929. The summed E-state index contributed by atoms with van der Waals surface area (Å²) in [6, 6.07) is 4.42. The quantitative estimate of drug-likeness (QED) is 0.568. The number of H-pyrrole nitrogens is 1. The molecule has 1 N–H and O–H groups in total. The Morgan fingerprint density at radius 2 is 2.25 bits per heavy atom. The van der Waals surface area contributed by atoms with E-state index in [9.17, 15) is 10.1 Å². The summed E-state index contributed by atoms with van der Waals surface area (Å²) < 4.78 is 5.14. The van der Waals surface area contributed by atoms with E-state index in [1.54, 1.807) is 13.0 Å². The minimum atomic E-state index is -0.454. The number of rotatable bonds is 3. The highest BCUT2D eigenvalue weighted by Gasteiger charge is 2.16. The number of aromatic nitrogens is 5. The number of benzene rings is 1. The summed E-state index contributed by atoms with van der Waals surface area (Å²) >= 11 is 0. The lowest BCUT2D eigenvalue weighted by Crippen LogP contribution is -1.90. The Hall–Kier alpha value is -3.10. The van der Waals surface area contributed by atoms with Gasteiger partial charge in [-0.1, -0.05) is 5.16 Å². The second-order valence-electron chi connectivity index (χ2n) is 4.01. The highest BCUT2D eigenvalue weighted by Crippen LogP contribution is 2.26. The first-order chi connectivity index (χ1) is 9.65. The van der Waals surface area contributed by atoms with Crippen LogP contribution in [0, 0.1) is 17.0 Å². The summed E-state index contributed by atoms with van der Waals surface area (Å²) in [5.41, 5.74) is 1.32. The number of non-ortho nitro benzene ring substituents is 1. The average Bonchev–Trinajstić information content (AvgIpc) is 3.09. The summed E-state index contributed by atoms with van der Waals surface area (Å²) in [7, 11) is 0. The van der Waals surface area contributed by atoms with Crippen molar-refractivity contribution in [1.29, 1.82) is 0 Å². The van der Waals surface area contributed by atoms with Gasteiger partial charge in [0, 0.05) is 17.7 Å². The average molecular weight is 272 g/mol. The molecule has 2 aromatic heterocycles. The maximum atomic E-state index is 10.7. The van der Waals surface area contributed by atoms with E-state index in [-0.39, 0.29) is 17.4 Å². The number of nitrogens with one attached hydrogen (secondary N) is 1. The van der Waals surface area contributed by atoms with Gasteiger partial charge in [0.05, 0.1) is 4.92 Å². The van der Waals surface area contributed by atoms with Crippen molar-refractivity contribution in [2.75, 3.05) is 0 Å². The van der Waals surface area contributed by atoms with Gasteiger partial charge in [-0.3, -0.25) is 15.2 Å². The van der Waals surface area contributed by atoms with Crippen LogP contribution in [0.5, 0.6) is 0 Å². The molecule has 0 amide bonds. The Morgan fingerprint density at radius 1 is 1.40 bits per heavy atom. The summed E-state index contributed by atoms with van der Waals surface area (Å²) in [6.07, 6.45) is 1.34. The number of nitrogens with zero attached hydrogens (tertiary/aromatic N) is 5. The fourth-order valence-corrected chi connectivity index (χ4v) is 1.74. The molecule has 3 aromatic rings. The molecule has 0 aliphatic rings. The Balaban J connectivity index is 1.99. The molecule has 0 aliphatic heterocycles. The highest BCUT2D eigenvalue weighted by molar-refractivity contribution is 5.62. The normalized spacial score (nSPS) is 10.7. The van der Waals surface area contributed by atoms with Gasteiger partial charge in [0.25, 0.3) is 11.6 Å². The van der Waals surface area contributed by atoms with Crippen molar-refractivity contribution in [3.63, 3.8) is 0 Å². The van der Waals surface area contributed by atoms with Crippen molar-refractivity contribution >= 4 is 5.69 Å². The molecule has 9 nitrogen and oxygen atoms in total. The lowest BCUT2D eigenvalue weighted by atomic mass is 10.1. The molecule has 3 rings (SSSR count). The van der Waals surface area contributed by atoms with E-state index >= 15 is 0 Å². The molecule has 0 spiro atoms. The molecule has 0 saturated heterocycles. The van der Waals surface area contributed by atoms with Crippen molar-refractivity contribution in [2.24, 2.45) is 0 Å². The number of nitro benzene ring substituents is 1. The largest absolute Gasteiger partial charge is 0.333 e. The minimum absolute atomic E-state index is 0.0150. The van der Waals surface area contributed by atoms with Crippen LogP contribution in [0.4, 0.5) is 5.69 Å². The second kappa shape index (κ2) is 4.53. The third-order valence-electron chi connectivity index (χ3n) is 2.70. The second-order valence-corrected chi connectivity index (χ2v) is 4.01. The van der Waals surface area contributed by atoms with E-state index in [1.165, 1.54) is 18.5 Å². The lowest BCUT2D eigenvalue weighted by Gasteiger charge is -1.99. The molecule has 0 radical (unpaired) electrons. The highest BCUT2D eigenvalue weighted by atomic mass is 16.6. The number of aryl methyl sites for hydroxylation is 1. The van der Waals surface area contributed by atoms with Crippen molar-refractivity contribution in [3.8, 4) is 23.1 Å². The zero-order chi connectivity index (χ0) is 14.1. The smallest absolute Gasteiger partial charge is 0.269 e. The van der Waals surface area contributed by atoms with Crippen molar-refractivity contribution in [2.45, 2.75) is 6.92 Å². The Labute approximate surface area is 111 Å². The molecule has 9 heteroatoms. The third kappa shape index (κ3) is 2.00. The van der Waals surface area contributed by atoms with E-state index in [2.05, 4.69) is 25.3 Å². The predicted molar refractivity (Wildman–Crippen MR) is 66.5 cm³/mol. The molecule has 100 valence electrons. The van der Waals surface area contributed by atoms with Crippen LogP contribution < -0.4 is 0 Å². The van der Waals surface area contributed by atoms with Gasteiger partial charge in [-0.15, -0.1) is 0 Å². The molecule has 0 aliphatic carbocycles. The van der Waals surface area contributed by atoms with Crippen LogP contribution in [-0.4, -0.2) is 30.2 Å². The van der Waals surface area contributed by atoms with Crippen LogP contribution in [0.15, 0.2) is 29.0 Å². The SMILES string of the molecule is Cc1cc([N+](=O)[O-])ccc1-c1nc(-c2ncn[nH]2)no1. The van der Waals surface area contributed by atoms with Gasteiger partial charge in [0.1, 0.15) is 6.33 Å². The van der Waals surface area contributed by atoms with Crippen molar-refractivity contribution in [1.82, 2.24) is 25.3 Å². The molecular formula is C11H8N6O3. The maximum absolute atomic E-state index is 10.7. The van der Waals surface area contributed by atoms with Gasteiger partial charge in [0.15, 0.2) is 5.82 Å². The fourth-order valence-electron chi connectivity index (χ4n) is 1.74. The lowest BCUT2D eigenvalue weighted by molar-refractivity contribution is -0.384. The molecule has 0 unspecified atom stereocenters. The van der Waals surface area contributed by atoms with Gasteiger partial charge in [-0.25, -0.2) is 4.98 Å². The van der Waals surface area contributed by atoms with Gasteiger partial charge < -0.3 is 4.52 Å². The first-order valence-corrected chi connectivity index (χ1v) is 5.60. The first-order valence-electron chi connectivity index (χ1n) is 5.60. The number of aromatic amines is 1. The van der Waals surface area contributed by atoms with Crippen LogP contribution in [0.2, 0.25) is 0 Å². The number of hydrogen-bond acceptors (Lipinski definition) is 7.